The number of benzene rings is 3. The van der Waals surface area contributed by atoms with Crippen LogP contribution in [0.3, 0.4) is 0 Å². The Labute approximate surface area is 200 Å². The molecule has 5 rings (SSSR count). The van der Waals surface area contributed by atoms with Crippen LogP contribution in [0, 0.1) is 0 Å². The number of rotatable bonds is 3. The van der Waals surface area contributed by atoms with Crippen LogP contribution < -0.4 is 5.32 Å². The van der Waals surface area contributed by atoms with E-state index in [1.165, 1.54) is 53.7 Å². The monoisotopic (exact) mass is 437 g/mol. The van der Waals surface area contributed by atoms with Gasteiger partial charge in [0.2, 0.25) is 0 Å². The van der Waals surface area contributed by atoms with Crippen LogP contribution in [0.25, 0.3) is 0 Å². The number of aryl methyl sites for hydroxylation is 2. The van der Waals surface area contributed by atoms with Gasteiger partial charge < -0.3 is 5.32 Å². The summed E-state index contributed by atoms with van der Waals surface area (Å²) in [5.74, 6) is 1.26. The van der Waals surface area contributed by atoms with Crippen LogP contribution in [0.15, 0.2) is 60.7 Å². The second-order valence-corrected chi connectivity index (χ2v) is 12.3. The van der Waals surface area contributed by atoms with Gasteiger partial charge in [-0.25, -0.2) is 0 Å². The molecule has 0 aromatic heterocycles. The lowest BCUT2D eigenvalue weighted by molar-refractivity contribution is 0.531. The Morgan fingerprint density at radius 3 is 1.97 bits per heavy atom. The highest BCUT2D eigenvalue weighted by molar-refractivity contribution is 5.69. The van der Waals surface area contributed by atoms with Crippen LogP contribution in [0.1, 0.15) is 99.6 Å². The fourth-order valence-electron chi connectivity index (χ4n) is 5.96. The molecular weight excluding hydrogens is 398 g/mol. The van der Waals surface area contributed by atoms with Crippen molar-refractivity contribution in [3.8, 4) is 0 Å². The van der Waals surface area contributed by atoms with Gasteiger partial charge in [0.1, 0.15) is 0 Å². The Balaban J connectivity index is 1.54. The molecule has 0 heterocycles. The summed E-state index contributed by atoms with van der Waals surface area (Å²) in [6.07, 6.45) is 4.97. The van der Waals surface area contributed by atoms with E-state index >= 15 is 0 Å². The zero-order chi connectivity index (χ0) is 23.4. The molecule has 0 amide bonds. The minimum absolute atomic E-state index is 0.117. The molecule has 0 radical (unpaired) electrons. The summed E-state index contributed by atoms with van der Waals surface area (Å²) < 4.78 is 0. The maximum atomic E-state index is 3.91. The normalized spacial score (nSPS) is 19.9. The Kier molecular flexibility index (Phi) is 5.43. The summed E-state index contributed by atoms with van der Waals surface area (Å²) in [5.41, 5.74) is 11.8. The molecule has 1 nitrogen and oxygen atoms in total. The SMILES string of the molecule is CC(C)(C)c1cc(Nc2cccc3c2C(C2CCc4ccccc42)CC3)cc(C(C)(C)C)c1. The van der Waals surface area contributed by atoms with Crippen LogP contribution in [0.2, 0.25) is 0 Å². The van der Waals surface area contributed by atoms with Gasteiger partial charge >= 0.3 is 0 Å². The smallest absolute Gasteiger partial charge is 0.0422 e. The first-order valence-corrected chi connectivity index (χ1v) is 12.7. The summed E-state index contributed by atoms with van der Waals surface area (Å²) in [7, 11) is 0. The third kappa shape index (κ3) is 4.23. The topological polar surface area (TPSA) is 12.0 Å². The predicted molar refractivity (Wildman–Crippen MR) is 142 cm³/mol. The molecule has 1 heteroatoms. The molecule has 1 N–H and O–H groups in total. The number of nitrogens with one attached hydrogen (secondary N) is 1. The molecule has 3 aromatic carbocycles. The molecule has 33 heavy (non-hydrogen) atoms. The van der Waals surface area contributed by atoms with Crippen LogP contribution in [-0.4, -0.2) is 0 Å². The van der Waals surface area contributed by atoms with E-state index in [4.69, 9.17) is 0 Å². The van der Waals surface area contributed by atoms with E-state index in [2.05, 4.69) is 108 Å². The molecule has 2 aliphatic carbocycles. The largest absolute Gasteiger partial charge is 0.355 e. The number of anilines is 2. The molecule has 2 aliphatic rings. The van der Waals surface area contributed by atoms with E-state index in [1.54, 1.807) is 16.7 Å². The maximum Gasteiger partial charge on any atom is 0.0422 e. The molecule has 0 saturated carbocycles. The van der Waals surface area contributed by atoms with Crippen molar-refractivity contribution in [3.05, 3.63) is 94.0 Å². The standard InChI is InChI=1S/C32H39N/c1-31(2,3)23-18-24(32(4,5)6)20-25(19-23)33-29-13-9-11-22-15-17-28(30(22)29)27-16-14-21-10-7-8-12-26(21)27/h7-13,18-20,27-28,33H,14-17H2,1-6H3. The molecule has 2 atom stereocenters. The number of hydrogen-bond donors (Lipinski definition) is 1. The summed E-state index contributed by atoms with van der Waals surface area (Å²) in [6, 6.07) is 23.2. The Morgan fingerprint density at radius 2 is 1.27 bits per heavy atom. The summed E-state index contributed by atoms with van der Waals surface area (Å²) >= 11 is 0. The highest BCUT2D eigenvalue weighted by atomic mass is 14.9. The van der Waals surface area contributed by atoms with Gasteiger partial charge in [-0.2, -0.15) is 0 Å². The summed E-state index contributed by atoms with van der Waals surface area (Å²) in [5, 5.41) is 3.91. The molecule has 0 spiro atoms. The van der Waals surface area contributed by atoms with E-state index in [-0.39, 0.29) is 10.8 Å². The number of hydrogen-bond acceptors (Lipinski definition) is 1. The maximum absolute atomic E-state index is 3.91. The first-order chi connectivity index (χ1) is 15.6. The molecule has 0 aliphatic heterocycles. The molecule has 172 valence electrons. The van der Waals surface area contributed by atoms with Crippen molar-refractivity contribution in [1.82, 2.24) is 0 Å². The molecule has 0 fully saturated rings. The van der Waals surface area contributed by atoms with Crippen molar-refractivity contribution in [2.45, 2.75) is 89.9 Å². The van der Waals surface area contributed by atoms with Gasteiger partial charge in [0.15, 0.2) is 0 Å². The van der Waals surface area contributed by atoms with E-state index in [0.29, 0.717) is 11.8 Å². The average Bonchev–Trinajstić information content (AvgIpc) is 3.37. The van der Waals surface area contributed by atoms with E-state index in [9.17, 15) is 0 Å². The van der Waals surface area contributed by atoms with E-state index in [1.807, 2.05) is 0 Å². The summed E-state index contributed by atoms with van der Waals surface area (Å²) in [6.45, 7) is 13.9. The second-order valence-electron chi connectivity index (χ2n) is 12.3. The first-order valence-electron chi connectivity index (χ1n) is 12.7. The molecule has 3 aromatic rings. The molecule has 0 bridgehead atoms. The Bertz CT molecular complexity index is 1140. The predicted octanol–water partition coefficient (Wildman–Crippen LogP) is 8.79. The Morgan fingerprint density at radius 1 is 0.667 bits per heavy atom. The summed E-state index contributed by atoms with van der Waals surface area (Å²) in [4.78, 5) is 0. The van der Waals surface area contributed by atoms with E-state index in [0.717, 1.165) is 0 Å². The Hall–Kier alpha value is -2.54. The van der Waals surface area contributed by atoms with Gasteiger partial charge in [-0.05, 0) is 99.9 Å². The van der Waals surface area contributed by atoms with Gasteiger partial charge in [0.05, 0.1) is 0 Å². The molecular formula is C32H39N. The van der Waals surface area contributed by atoms with Gasteiger partial charge in [0.25, 0.3) is 0 Å². The van der Waals surface area contributed by atoms with Gasteiger partial charge in [-0.1, -0.05) is 84.0 Å². The second kappa shape index (κ2) is 8.05. The highest BCUT2D eigenvalue weighted by Crippen LogP contribution is 2.51. The fraction of sp³-hybridized carbons (Fsp3) is 0.438. The zero-order valence-electron chi connectivity index (χ0n) is 21.3. The van der Waals surface area contributed by atoms with Crippen LogP contribution in [-0.2, 0) is 23.7 Å². The van der Waals surface area contributed by atoms with Crippen molar-refractivity contribution < 1.29 is 0 Å². The van der Waals surface area contributed by atoms with Gasteiger partial charge in [-0.15, -0.1) is 0 Å². The van der Waals surface area contributed by atoms with Crippen LogP contribution in [0.5, 0.6) is 0 Å². The van der Waals surface area contributed by atoms with Crippen molar-refractivity contribution in [2.24, 2.45) is 0 Å². The fourth-order valence-corrected chi connectivity index (χ4v) is 5.96. The number of fused-ring (bicyclic) bond motifs is 2. The van der Waals surface area contributed by atoms with Gasteiger partial charge in [0, 0.05) is 11.4 Å². The lowest BCUT2D eigenvalue weighted by Crippen LogP contribution is -2.17. The third-order valence-corrected chi connectivity index (χ3v) is 7.90. The quantitative estimate of drug-likeness (QED) is 0.432. The van der Waals surface area contributed by atoms with Crippen molar-refractivity contribution in [1.29, 1.82) is 0 Å². The third-order valence-electron chi connectivity index (χ3n) is 7.90. The molecule has 2 unspecified atom stereocenters. The van der Waals surface area contributed by atoms with Crippen molar-refractivity contribution in [3.63, 3.8) is 0 Å². The first kappa shape index (κ1) is 22.3. The molecule has 0 saturated heterocycles. The lowest BCUT2D eigenvalue weighted by atomic mass is 9.80. The minimum atomic E-state index is 0.117. The highest BCUT2D eigenvalue weighted by Gasteiger charge is 2.36. The van der Waals surface area contributed by atoms with Crippen molar-refractivity contribution >= 4 is 11.4 Å². The minimum Gasteiger partial charge on any atom is -0.355 e. The van der Waals surface area contributed by atoms with Crippen LogP contribution >= 0.6 is 0 Å². The van der Waals surface area contributed by atoms with Crippen LogP contribution in [0.4, 0.5) is 11.4 Å². The van der Waals surface area contributed by atoms with E-state index < -0.39 is 0 Å². The van der Waals surface area contributed by atoms with Gasteiger partial charge in [-0.3, -0.25) is 0 Å². The zero-order valence-corrected chi connectivity index (χ0v) is 21.3. The van der Waals surface area contributed by atoms with Crippen molar-refractivity contribution in [2.75, 3.05) is 5.32 Å². The average molecular weight is 438 g/mol. The lowest BCUT2D eigenvalue weighted by Gasteiger charge is -2.27.